The van der Waals surface area contributed by atoms with Gasteiger partial charge in [0, 0.05) is 5.69 Å². The Morgan fingerprint density at radius 1 is 1.06 bits per heavy atom. The molecule has 0 saturated heterocycles. The average molecular weight is 458 g/mol. The zero-order chi connectivity index (χ0) is 23.2. The van der Waals surface area contributed by atoms with Crippen LogP contribution in [0.25, 0.3) is 0 Å². The van der Waals surface area contributed by atoms with Gasteiger partial charge in [-0.25, -0.2) is 8.42 Å². The SMILES string of the molecule is CCC(C(=O)Nc1cccc(C(F)(F)F)c1)S(=O)(=O)CC(=O)Nc1ccccc1OC. The van der Waals surface area contributed by atoms with E-state index in [0.717, 1.165) is 12.1 Å². The number of sulfone groups is 1. The first-order valence-corrected chi connectivity index (χ1v) is 10.8. The summed E-state index contributed by atoms with van der Waals surface area (Å²) in [4.78, 5) is 24.7. The van der Waals surface area contributed by atoms with E-state index >= 15 is 0 Å². The van der Waals surface area contributed by atoms with Crippen molar-refractivity contribution in [2.24, 2.45) is 0 Å². The zero-order valence-electron chi connectivity index (χ0n) is 16.7. The molecule has 0 heterocycles. The molecule has 2 aromatic carbocycles. The molecule has 2 N–H and O–H groups in total. The maximum absolute atomic E-state index is 12.8. The third kappa shape index (κ3) is 6.45. The number of ether oxygens (including phenoxy) is 1. The molecule has 2 aromatic rings. The lowest BCUT2D eigenvalue weighted by Gasteiger charge is -2.17. The minimum Gasteiger partial charge on any atom is -0.495 e. The van der Waals surface area contributed by atoms with Crippen molar-refractivity contribution in [3.63, 3.8) is 0 Å². The highest BCUT2D eigenvalue weighted by atomic mass is 32.2. The average Bonchev–Trinajstić information content (AvgIpc) is 2.67. The molecular weight excluding hydrogens is 437 g/mol. The number of benzene rings is 2. The minimum atomic E-state index is -4.62. The van der Waals surface area contributed by atoms with Gasteiger partial charge in [-0.1, -0.05) is 25.1 Å². The van der Waals surface area contributed by atoms with E-state index in [0.29, 0.717) is 11.8 Å². The van der Waals surface area contributed by atoms with Crippen LogP contribution in [0.4, 0.5) is 24.5 Å². The van der Waals surface area contributed by atoms with Crippen LogP contribution in [0.1, 0.15) is 18.9 Å². The van der Waals surface area contributed by atoms with Crippen LogP contribution >= 0.6 is 0 Å². The van der Waals surface area contributed by atoms with Crippen molar-refractivity contribution in [1.29, 1.82) is 0 Å². The number of alkyl halides is 3. The molecule has 1 atom stereocenters. The van der Waals surface area contributed by atoms with Gasteiger partial charge < -0.3 is 15.4 Å². The summed E-state index contributed by atoms with van der Waals surface area (Å²) in [5.74, 6) is -2.57. The number of hydrogen-bond acceptors (Lipinski definition) is 5. The van der Waals surface area contributed by atoms with E-state index in [9.17, 15) is 31.2 Å². The Hall–Kier alpha value is -3.08. The van der Waals surface area contributed by atoms with Gasteiger partial charge in [-0.2, -0.15) is 13.2 Å². The minimum absolute atomic E-state index is 0.172. The molecule has 11 heteroatoms. The second kappa shape index (κ2) is 9.82. The standard InChI is InChI=1S/C20H21F3N2O5S/c1-3-17(19(27)24-14-8-6-7-13(11-14)20(21,22)23)31(28,29)12-18(26)25-15-9-4-5-10-16(15)30-2/h4-11,17H,3,12H2,1-2H3,(H,24,27)(H,25,26). The third-order valence-corrected chi connectivity index (χ3v) is 6.35. The fraction of sp³-hybridized carbons (Fsp3) is 0.300. The maximum atomic E-state index is 12.8. The lowest BCUT2D eigenvalue weighted by atomic mass is 10.2. The Kier molecular flexibility index (Phi) is 7.66. The molecule has 0 aliphatic rings. The van der Waals surface area contributed by atoms with Crippen molar-refractivity contribution >= 4 is 33.0 Å². The first kappa shape index (κ1) is 24.2. The number of hydrogen-bond donors (Lipinski definition) is 2. The Bertz CT molecular complexity index is 1050. The van der Waals surface area contributed by atoms with Gasteiger partial charge in [-0.3, -0.25) is 9.59 Å². The van der Waals surface area contributed by atoms with Gasteiger partial charge in [-0.15, -0.1) is 0 Å². The number of nitrogens with one attached hydrogen (secondary N) is 2. The fourth-order valence-electron chi connectivity index (χ4n) is 2.82. The maximum Gasteiger partial charge on any atom is 0.416 e. The number of para-hydroxylation sites is 2. The number of methoxy groups -OCH3 is 1. The predicted octanol–water partition coefficient (Wildman–Crippen LogP) is 3.48. The van der Waals surface area contributed by atoms with Gasteiger partial charge in [0.2, 0.25) is 11.8 Å². The summed E-state index contributed by atoms with van der Waals surface area (Å²) < 4.78 is 68.9. The summed E-state index contributed by atoms with van der Waals surface area (Å²) in [5, 5.41) is 2.97. The van der Waals surface area contributed by atoms with Crippen LogP contribution in [-0.2, 0) is 25.6 Å². The summed E-state index contributed by atoms with van der Waals surface area (Å²) in [7, 11) is -2.87. The van der Waals surface area contributed by atoms with Gasteiger partial charge in [0.15, 0.2) is 9.84 Å². The highest BCUT2D eigenvalue weighted by molar-refractivity contribution is 7.93. The second-order valence-corrected chi connectivity index (χ2v) is 8.70. The van der Waals surface area contributed by atoms with E-state index in [4.69, 9.17) is 4.74 Å². The first-order valence-electron chi connectivity index (χ1n) is 9.10. The number of halogens is 3. The van der Waals surface area contributed by atoms with E-state index in [1.807, 2.05) is 0 Å². The number of rotatable bonds is 8. The molecule has 0 saturated carbocycles. The first-order chi connectivity index (χ1) is 14.5. The Labute approximate surface area is 177 Å². The molecule has 0 aliphatic heterocycles. The molecule has 7 nitrogen and oxygen atoms in total. The highest BCUT2D eigenvalue weighted by Crippen LogP contribution is 2.31. The van der Waals surface area contributed by atoms with Crippen LogP contribution in [0.5, 0.6) is 5.75 Å². The number of carbonyl (C=O) groups is 2. The smallest absolute Gasteiger partial charge is 0.416 e. The summed E-state index contributed by atoms with van der Waals surface area (Å²) in [6.07, 6.45) is -4.79. The fourth-order valence-corrected chi connectivity index (χ4v) is 4.35. The van der Waals surface area contributed by atoms with Crippen LogP contribution in [0.2, 0.25) is 0 Å². The van der Waals surface area contributed by atoms with Gasteiger partial charge in [0.05, 0.1) is 18.4 Å². The van der Waals surface area contributed by atoms with Gasteiger partial charge >= 0.3 is 6.18 Å². The van der Waals surface area contributed by atoms with Crippen molar-refractivity contribution < 1.29 is 35.9 Å². The molecule has 168 valence electrons. The molecule has 2 rings (SSSR count). The molecule has 0 fully saturated rings. The molecule has 0 spiro atoms. The lowest BCUT2D eigenvalue weighted by Crippen LogP contribution is -2.39. The normalized spacial score (nSPS) is 12.7. The van der Waals surface area contributed by atoms with Crippen LogP contribution in [0, 0.1) is 0 Å². The van der Waals surface area contributed by atoms with Crippen molar-refractivity contribution in [3.05, 3.63) is 54.1 Å². The summed E-state index contributed by atoms with van der Waals surface area (Å²) in [6.45, 7) is 1.42. The molecule has 0 aromatic heterocycles. The van der Waals surface area contributed by atoms with Gasteiger partial charge in [0.1, 0.15) is 16.8 Å². The summed E-state index contributed by atoms with van der Waals surface area (Å²) in [5.41, 5.74) is -0.934. The molecule has 31 heavy (non-hydrogen) atoms. The van der Waals surface area contributed by atoms with Crippen molar-refractivity contribution in [2.45, 2.75) is 24.8 Å². The largest absolute Gasteiger partial charge is 0.495 e. The van der Waals surface area contributed by atoms with Crippen molar-refractivity contribution in [1.82, 2.24) is 0 Å². The topological polar surface area (TPSA) is 102 Å². The Morgan fingerprint density at radius 3 is 2.35 bits per heavy atom. The zero-order valence-corrected chi connectivity index (χ0v) is 17.5. The molecule has 0 bridgehead atoms. The van der Waals surface area contributed by atoms with E-state index in [1.54, 1.807) is 18.2 Å². The quantitative estimate of drug-likeness (QED) is 0.631. The molecule has 0 aliphatic carbocycles. The van der Waals surface area contributed by atoms with E-state index < -0.39 is 44.4 Å². The number of amides is 2. The van der Waals surface area contributed by atoms with E-state index in [-0.39, 0.29) is 17.8 Å². The molecule has 1 unspecified atom stereocenters. The number of anilines is 2. The Balaban J connectivity index is 2.13. The monoisotopic (exact) mass is 458 g/mol. The second-order valence-electron chi connectivity index (χ2n) is 6.52. The summed E-state index contributed by atoms with van der Waals surface area (Å²) >= 11 is 0. The van der Waals surface area contributed by atoms with Crippen molar-refractivity contribution in [3.8, 4) is 5.75 Å². The summed E-state index contributed by atoms with van der Waals surface area (Å²) in [6, 6.07) is 10.2. The van der Waals surface area contributed by atoms with Gasteiger partial charge in [0.25, 0.3) is 0 Å². The third-order valence-electron chi connectivity index (χ3n) is 4.27. The van der Waals surface area contributed by atoms with Crippen LogP contribution in [0.15, 0.2) is 48.5 Å². The molecule has 0 radical (unpaired) electrons. The van der Waals surface area contributed by atoms with Crippen molar-refractivity contribution in [2.75, 3.05) is 23.5 Å². The van der Waals surface area contributed by atoms with Crippen LogP contribution in [-0.4, -0.2) is 38.3 Å². The number of carbonyl (C=O) groups excluding carboxylic acids is 2. The molecule has 2 amide bonds. The van der Waals surface area contributed by atoms with Gasteiger partial charge in [-0.05, 0) is 36.8 Å². The van der Waals surface area contributed by atoms with Crippen LogP contribution < -0.4 is 15.4 Å². The van der Waals surface area contributed by atoms with E-state index in [1.165, 1.54) is 26.2 Å². The van der Waals surface area contributed by atoms with E-state index in [2.05, 4.69) is 10.6 Å². The molecular formula is C20H21F3N2O5S. The predicted molar refractivity (Wildman–Crippen MR) is 110 cm³/mol. The lowest BCUT2D eigenvalue weighted by molar-refractivity contribution is -0.137. The Morgan fingerprint density at radius 2 is 1.74 bits per heavy atom. The highest BCUT2D eigenvalue weighted by Gasteiger charge is 2.34. The van der Waals surface area contributed by atoms with Crippen LogP contribution in [0.3, 0.4) is 0 Å².